The van der Waals surface area contributed by atoms with Crippen LogP contribution in [0.15, 0.2) is 24.3 Å². The van der Waals surface area contributed by atoms with E-state index in [9.17, 15) is 18.0 Å². The van der Waals surface area contributed by atoms with Crippen molar-refractivity contribution in [2.45, 2.75) is 6.42 Å². The molecular weight excluding hydrogens is 284 g/mol. The molecule has 0 fully saturated rings. The number of sulfonamides is 1. The van der Waals surface area contributed by atoms with Gasteiger partial charge in [-0.05, 0) is 18.7 Å². The lowest BCUT2D eigenvalue weighted by molar-refractivity contribution is -0.120. The molecule has 0 saturated heterocycles. The molecule has 1 amide bonds. The third kappa shape index (κ3) is 4.98. The van der Waals surface area contributed by atoms with Gasteiger partial charge in [-0.2, -0.15) is 0 Å². The molecule has 1 rings (SSSR count). The number of carboxylic acid groups (broad SMARTS) is 1. The van der Waals surface area contributed by atoms with Gasteiger partial charge in [0.15, 0.2) is 0 Å². The summed E-state index contributed by atoms with van der Waals surface area (Å²) in [4.78, 5) is 22.6. The topological polar surface area (TPSA) is 113 Å². The fraction of sp³-hybridized carbons (Fsp3) is 0.333. The molecule has 0 atom stereocenters. The first-order chi connectivity index (χ1) is 9.35. The predicted molar refractivity (Wildman–Crippen MR) is 73.0 cm³/mol. The van der Waals surface area contributed by atoms with Gasteiger partial charge < -0.3 is 10.4 Å². The molecule has 8 heteroatoms. The lowest BCUT2D eigenvalue weighted by atomic mass is 10.0. The fourth-order valence-electron chi connectivity index (χ4n) is 1.55. The van der Waals surface area contributed by atoms with Crippen LogP contribution in [0.25, 0.3) is 0 Å². The van der Waals surface area contributed by atoms with E-state index in [1.165, 1.54) is 13.1 Å². The van der Waals surface area contributed by atoms with Crippen LogP contribution in [0.4, 0.5) is 0 Å². The van der Waals surface area contributed by atoms with Crippen molar-refractivity contribution in [1.82, 2.24) is 10.0 Å². The first kappa shape index (κ1) is 16.1. The molecule has 0 aliphatic rings. The van der Waals surface area contributed by atoms with Crippen LogP contribution in [0.2, 0.25) is 0 Å². The molecule has 0 aliphatic heterocycles. The minimum Gasteiger partial charge on any atom is -0.478 e. The van der Waals surface area contributed by atoms with E-state index in [-0.39, 0.29) is 24.3 Å². The minimum absolute atomic E-state index is 0.0305. The molecule has 0 spiro atoms. The number of hydrogen-bond acceptors (Lipinski definition) is 4. The van der Waals surface area contributed by atoms with Crippen molar-refractivity contribution in [3.8, 4) is 0 Å². The second-order valence-electron chi connectivity index (χ2n) is 4.01. The zero-order valence-electron chi connectivity index (χ0n) is 10.9. The normalized spacial score (nSPS) is 11.1. The third-order valence-electron chi connectivity index (χ3n) is 2.60. The molecule has 0 bridgehead atoms. The van der Waals surface area contributed by atoms with Crippen LogP contribution in [0, 0.1) is 0 Å². The van der Waals surface area contributed by atoms with Gasteiger partial charge in [0.1, 0.15) is 0 Å². The number of rotatable bonds is 7. The molecule has 110 valence electrons. The summed E-state index contributed by atoms with van der Waals surface area (Å²) in [5.74, 6) is -1.76. The van der Waals surface area contributed by atoms with Crippen LogP contribution in [-0.4, -0.2) is 44.7 Å². The summed E-state index contributed by atoms with van der Waals surface area (Å²) in [6.07, 6.45) is -0.109. The first-order valence-electron chi connectivity index (χ1n) is 5.85. The van der Waals surface area contributed by atoms with Crippen molar-refractivity contribution in [2.75, 3.05) is 19.3 Å². The third-order valence-corrected chi connectivity index (χ3v) is 3.97. The maximum Gasteiger partial charge on any atom is 0.335 e. The molecule has 0 aliphatic carbocycles. The van der Waals surface area contributed by atoms with Crippen molar-refractivity contribution in [1.29, 1.82) is 0 Å². The quantitative estimate of drug-likeness (QED) is 0.634. The number of nitrogens with one attached hydrogen (secondary N) is 2. The van der Waals surface area contributed by atoms with Crippen molar-refractivity contribution >= 4 is 21.9 Å². The van der Waals surface area contributed by atoms with E-state index in [1.54, 1.807) is 18.2 Å². The average molecular weight is 300 g/mol. The monoisotopic (exact) mass is 300 g/mol. The van der Waals surface area contributed by atoms with Gasteiger partial charge in [-0.1, -0.05) is 18.2 Å². The lowest BCUT2D eigenvalue weighted by Crippen LogP contribution is -2.33. The van der Waals surface area contributed by atoms with Gasteiger partial charge in [0, 0.05) is 6.54 Å². The van der Waals surface area contributed by atoms with E-state index < -0.39 is 21.9 Å². The SMILES string of the molecule is CNS(=O)(=O)CCNC(=O)Cc1ccccc1C(=O)O. The molecule has 7 nitrogen and oxygen atoms in total. The molecule has 0 radical (unpaired) electrons. The lowest BCUT2D eigenvalue weighted by Gasteiger charge is -2.07. The van der Waals surface area contributed by atoms with Crippen molar-refractivity contribution < 1.29 is 23.1 Å². The Morgan fingerprint density at radius 3 is 2.50 bits per heavy atom. The van der Waals surface area contributed by atoms with Crippen LogP contribution < -0.4 is 10.0 Å². The number of hydrogen-bond donors (Lipinski definition) is 3. The van der Waals surface area contributed by atoms with Crippen LogP contribution in [0.5, 0.6) is 0 Å². The Morgan fingerprint density at radius 2 is 1.90 bits per heavy atom. The summed E-state index contributed by atoms with van der Waals surface area (Å²) in [5.41, 5.74) is 0.444. The van der Waals surface area contributed by atoms with Crippen LogP contribution in [-0.2, 0) is 21.2 Å². The Hall–Kier alpha value is -1.93. The smallest absolute Gasteiger partial charge is 0.335 e. The molecule has 1 aromatic rings. The highest BCUT2D eigenvalue weighted by Gasteiger charge is 2.13. The number of carbonyl (C=O) groups is 2. The second-order valence-corrected chi connectivity index (χ2v) is 6.06. The summed E-state index contributed by atoms with van der Waals surface area (Å²) in [6, 6.07) is 6.18. The van der Waals surface area contributed by atoms with E-state index in [0.717, 1.165) is 0 Å². The number of aromatic carboxylic acids is 1. The van der Waals surface area contributed by atoms with Gasteiger partial charge in [-0.25, -0.2) is 17.9 Å². The largest absolute Gasteiger partial charge is 0.478 e. The van der Waals surface area contributed by atoms with Crippen LogP contribution in [0.1, 0.15) is 15.9 Å². The number of benzene rings is 1. The summed E-state index contributed by atoms with van der Waals surface area (Å²) in [6.45, 7) is -0.0305. The van der Waals surface area contributed by atoms with E-state index in [1.807, 2.05) is 0 Å². The Morgan fingerprint density at radius 1 is 1.25 bits per heavy atom. The minimum atomic E-state index is -3.37. The van der Waals surface area contributed by atoms with Crippen LogP contribution >= 0.6 is 0 Å². The Kier molecular flexibility index (Phi) is 5.66. The molecule has 0 unspecified atom stereocenters. The Balaban J connectivity index is 2.57. The van der Waals surface area contributed by atoms with Gasteiger partial charge >= 0.3 is 5.97 Å². The fourth-order valence-corrected chi connectivity index (χ4v) is 2.12. The summed E-state index contributed by atoms with van der Waals surface area (Å²) >= 11 is 0. The predicted octanol–water partition coefficient (Wildman–Crippen LogP) is -0.407. The number of carbonyl (C=O) groups excluding carboxylic acids is 1. The van der Waals surface area contributed by atoms with Crippen molar-refractivity contribution in [2.24, 2.45) is 0 Å². The van der Waals surface area contributed by atoms with Crippen LogP contribution in [0.3, 0.4) is 0 Å². The van der Waals surface area contributed by atoms with E-state index in [4.69, 9.17) is 5.11 Å². The van der Waals surface area contributed by atoms with Gasteiger partial charge in [-0.3, -0.25) is 4.79 Å². The molecular formula is C12H16N2O5S. The van der Waals surface area contributed by atoms with Gasteiger partial charge in [-0.15, -0.1) is 0 Å². The highest BCUT2D eigenvalue weighted by molar-refractivity contribution is 7.89. The Bertz CT molecular complexity index is 598. The van der Waals surface area contributed by atoms with Crippen molar-refractivity contribution in [3.63, 3.8) is 0 Å². The number of amides is 1. The highest BCUT2D eigenvalue weighted by Crippen LogP contribution is 2.09. The molecule has 0 saturated carbocycles. The van der Waals surface area contributed by atoms with E-state index >= 15 is 0 Å². The maximum atomic E-state index is 11.6. The van der Waals surface area contributed by atoms with E-state index in [2.05, 4.69) is 10.0 Å². The molecule has 3 N–H and O–H groups in total. The maximum absolute atomic E-state index is 11.6. The summed E-state index contributed by atoms with van der Waals surface area (Å²) in [7, 11) is -2.08. The van der Waals surface area contributed by atoms with Gasteiger partial charge in [0.25, 0.3) is 0 Å². The van der Waals surface area contributed by atoms with Crippen molar-refractivity contribution in [3.05, 3.63) is 35.4 Å². The number of carboxylic acids is 1. The highest BCUT2D eigenvalue weighted by atomic mass is 32.2. The first-order valence-corrected chi connectivity index (χ1v) is 7.50. The zero-order chi connectivity index (χ0) is 15.2. The van der Waals surface area contributed by atoms with E-state index in [0.29, 0.717) is 5.56 Å². The Labute approximate surface area is 117 Å². The zero-order valence-corrected chi connectivity index (χ0v) is 11.7. The van der Waals surface area contributed by atoms with Gasteiger partial charge in [0.2, 0.25) is 15.9 Å². The second kappa shape index (κ2) is 7.01. The molecule has 20 heavy (non-hydrogen) atoms. The van der Waals surface area contributed by atoms with Gasteiger partial charge in [0.05, 0.1) is 17.7 Å². The standard InChI is InChI=1S/C12H16N2O5S/c1-13-20(18,19)7-6-14-11(15)8-9-4-2-3-5-10(9)12(16)17/h2-5,13H,6-8H2,1H3,(H,14,15)(H,16,17). The molecule has 1 aromatic carbocycles. The average Bonchev–Trinajstić information content (AvgIpc) is 2.39. The summed E-state index contributed by atoms with van der Waals surface area (Å²) in [5, 5.41) is 11.4. The summed E-state index contributed by atoms with van der Waals surface area (Å²) < 4.78 is 24.4. The molecule has 0 aromatic heterocycles. The molecule has 0 heterocycles.